The third-order valence-electron chi connectivity index (χ3n) is 2.87. The van der Waals surface area contributed by atoms with Gasteiger partial charge in [-0.1, -0.05) is 0 Å². The van der Waals surface area contributed by atoms with Crippen LogP contribution < -0.4 is 5.73 Å². The standard InChI is InChI=1S/C12H20N4O3/c1-12(2,3)19-11(18)15-6-9(10(17)7-15)16-5-8(13)4-14-16/h4-5,9-10,17H,6-7,13H2,1-3H3/t9-,10-/m1/s1. The fourth-order valence-electron chi connectivity index (χ4n) is 2.04. The zero-order valence-electron chi connectivity index (χ0n) is 11.4. The summed E-state index contributed by atoms with van der Waals surface area (Å²) >= 11 is 0. The number of aliphatic hydroxyl groups is 1. The number of carbonyl (C=O) groups excluding carboxylic acids is 1. The number of hydrogen-bond donors (Lipinski definition) is 2. The van der Waals surface area contributed by atoms with Crippen molar-refractivity contribution >= 4 is 11.8 Å². The van der Waals surface area contributed by atoms with Crippen LogP contribution in [0.2, 0.25) is 0 Å². The van der Waals surface area contributed by atoms with Crippen LogP contribution in [0.3, 0.4) is 0 Å². The van der Waals surface area contributed by atoms with Crippen molar-refractivity contribution in [3.05, 3.63) is 12.4 Å². The van der Waals surface area contributed by atoms with Crippen molar-refractivity contribution < 1.29 is 14.6 Å². The Hall–Kier alpha value is -1.76. The number of amides is 1. The quantitative estimate of drug-likeness (QED) is 0.778. The molecule has 0 radical (unpaired) electrons. The highest BCUT2D eigenvalue weighted by molar-refractivity contribution is 5.68. The molecule has 19 heavy (non-hydrogen) atoms. The molecular weight excluding hydrogens is 248 g/mol. The van der Waals surface area contributed by atoms with E-state index in [1.165, 1.54) is 11.1 Å². The van der Waals surface area contributed by atoms with Crippen LogP contribution >= 0.6 is 0 Å². The number of aromatic nitrogens is 2. The minimum absolute atomic E-state index is 0.235. The van der Waals surface area contributed by atoms with E-state index in [1.807, 2.05) is 20.8 Å². The first-order valence-electron chi connectivity index (χ1n) is 6.22. The summed E-state index contributed by atoms with van der Waals surface area (Å²) in [5.74, 6) is 0. The highest BCUT2D eigenvalue weighted by Crippen LogP contribution is 2.24. The molecule has 0 bridgehead atoms. The van der Waals surface area contributed by atoms with Gasteiger partial charge in [-0.05, 0) is 20.8 Å². The third kappa shape index (κ3) is 3.17. The topological polar surface area (TPSA) is 93.6 Å². The molecule has 0 saturated carbocycles. The molecule has 2 rings (SSSR count). The second-order valence-electron chi connectivity index (χ2n) is 5.77. The summed E-state index contributed by atoms with van der Waals surface area (Å²) in [5, 5.41) is 14.1. The van der Waals surface area contributed by atoms with Crippen molar-refractivity contribution in [2.24, 2.45) is 0 Å². The maximum atomic E-state index is 11.9. The summed E-state index contributed by atoms with van der Waals surface area (Å²) in [7, 11) is 0. The largest absolute Gasteiger partial charge is 0.444 e. The van der Waals surface area contributed by atoms with Gasteiger partial charge in [0, 0.05) is 12.7 Å². The molecule has 0 unspecified atom stereocenters. The summed E-state index contributed by atoms with van der Waals surface area (Å²) in [6.45, 7) is 6.02. The Labute approximate surface area is 111 Å². The summed E-state index contributed by atoms with van der Waals surface area (Å²) in [6, 6.07) is -0.287. The first-order chi connectivity index (χ1) is 8.76. The molecule has 1 amide bonds. The normalized spacial score (nSPS) is 23.7. The molecule has 1 aromatic rings. The zero-order chi connectivity index (χ0) is 14.2. The first-order valence-corrected chi connectivity index (χ1v) is 6.22. The van der Waals surface area contributed by atoms with Crippen LogP contribution in [-0.2, 0) is 4.74 Å². The van der Waals surface area contributed by atoms with Crippen molar-refractivity contribution in [1.29, 1.82) is 0 Å². The Kier molecular flexibility index (Phi) is 3.40. The van der Waals surface area contributed by atoms with Gasteiger partial charge >= 0.3 is 6.09 Å². The van der Waals surface area contributed by atoms with E-state index >= 15 is 0 Å². The highest BCUT2D eigenvalue weighted by Gasteiger charge is 2.37. The Morgan fingerprint density at radius 3 is 2.74 bits per heavy atom. The maximum absolute atomic E-state index is 11.9. The lowest BCUT2D eigenvalue weighted by Crippen LogP contribution is -2.35. The Morgan fingerprint density at radius 2 is 2.21 bits per heavy atom. The van der Waals surface area contributed by atoms with Crippen molar-refractivity contribution in [3.8, 4) is 0 Å². The SMILES string of the molecule is CC(C)(C)OC(=O)N1C[C@@H](O)[C@H](n2cc(N)cn2)C1. The number of nitrogens with two attached hydrogens (primary N) is 1. The maximum Gasteiger partial charge on any atom is 0.410 e. The van der Waals surface area contributed by atoms with Gasteiger partial charge in [0.1, 0.15) is 5.60 Å². The Balaban J connectivity index is 2.03. The van der Waals surface area contributed by atoms with Crippen LogP contribution in [0.1, 0.15) is 26.8 Å². The summed E-state index contributed by atoms with van der Waals surface area (Å²) in [4.78, 5) is 13.4. The predicted octanol–water partition coefficient (Wildman–Crippen LogP) is 0.618. The van der Waals surface area contributed by atoms with Gasteiger partial charge in [-0.15, -0.1) is 0 Å². The minimum Gasteiger partial charge on any atom is -0.444 e. The lowest BCUT2D eigenvalue weighted by molar-refractivity contribution is 0.0270. The number of rotatable bonds is 1. The molecule has 1 aromatic heterocycles. The second kappa shape index (κ2) is 4.73. The first kappa shape index (κ1) is 13.7. The minimum atomic E-state index is -0.674. The average molecular weight is 268 g/mol. The number of ether oxygens (including phenoxy) is 1. The highest BCUT2D eigenvalue weighted by atomic mass is 16.6. The van der Waals surface area contributed by atoms with E-state index in [0.717, 1.165) is 0 Å². The number of aliphatic hydroxyl groups excluding tert-OH is 1. The van der Waals surface area contributed by atoms with Crippen LogP contribution in [0.25, 0.3) is 0 Å². The predicted molar refractivity (Wildman–Crippen MR) is 69.5 cm³/mol. The van der Waals surface area contributed by atoms with Gasteiger partial charge < -0.3 is 20.5 Å². The molecule has 7 heteroatoms. The van der Waals surface area contributed by atoms with Gasteiger partial charge in [0.25, 0.3) is 0 Å². The molecule has 3 N–H and O–H groups in total. The Morgan fingerprint density at radius 1 is 1.53 bits per heavy atom. The molecule has 0 spiro atoms. The fourth-order valence-corrected chi connectivity index (χ4v) is 2.04. The second-order valence-corrected chi connectivity index (χ2v) is 5.77. The molecule has 2 heterocycles. The molecule has 1 aliphatic heterocycles. The van der Waals surface area contributed by atoms with Crippen LogP contribution in [0, 0.1) is 0 Å². The number of hydrogen-bond acceptors (Lipinski definition) is 5. The smallest absolute Gasteiger partial charge is 0.410 e. The molecule has 1 aliphatic rings. The van der Waals surface area contributed by atoms with Crippen molar-refractivity contribution in [2.45, 2.75) is 38.5 Å². The van der Waals surface area contributed by atoms with Crippen LogP contribution in [0.5, 0.6) is 0 Å². The van der Waals surface area contributed by atoms with Crippen LogP contribution in [-0.4, -0.2) is 50.7 Å². The van der Waals surface area contributed by atoms with Gasteiger partial charge in [0.15, 0.2) is 0 Å². The van der Waals surface area contributed by atoms with E-state index in [9.17, 15) is 9.90 Å². The fraction of sp³-hybridized carbons (Fsp3) is 0.667. The monoisotopic (exact) mass is 268 g/mol. The van der Waals surface area contributed by atoms with Crippen molar-refractivity contribution in [3.63, 3.8) is 0 Å². The summed E-state index contributed by atoms with van der Waals surface area (Å²) in [6.07, 6.45) is 2.07. The van der Waals surface area contributed by atoms with Crippen LogP contribution in [0.4, 0.5) is 10.5 Å². The molecule has 1 saturated heterocycles. The Bertz CT molecular complexity index is 466. The van der Waals surface area contributed by atoms with Crippen LogP contribution in [0.15, 0.2) is 12.4 Å². The molecular formula is C12H20N4O3. The van der Waals surface area contributed by atoms with Gasteiger partial charge in [0.05, 0.1) is 30.6 Å². The van der Waals surface area contributed by atoms with Crippen molar-refractivity contribution in [1.82, 2.24) is 14.7 Å². The number of anilines is 1. The van der Waals surface area contributed by atoms with E-state index < -0.39 is 17.8 Å². The molecule has 0 aliphatic carbocycles. The number of likely N-dealkylation sites (tertiary alicyclic amines) is 1. The zero-order valence-corrected chi connectivity index (χ0v) is 11.4. The van der Waals surface area contributed by atoms with Gasteiger partial charge in [-0.3, -0.25) is 4.68 Å². The summed E-state index contributed by atoms with van der Waals surface area (Å²) in [5.41, 5.74) is 5.58. The van der Waals surface area contributed by atoms with E-state index in [4.69, 9.17) is 10.5 Å². The molecule has 106 valence electrons. The van der Waals surface area contributed by atoms with Gasteiger partial charge in [-0.25, -0.2) is 4.79 Å². The van der Waals surface area contributed by atoms with E-state index in [2.05, 4.69) is 5.10 Å². The average Bonchev–Trinajstić information content (AvgIpc) is 2.82. The molecule has 7 nitrogen and oxygen atoms in total. The lowest BCUT2D eigenvalue weighted by Gasteiger charge is -2.24. The number of carbonyl (C=O) groups is 1. The van der Waals surface area contributed by atoms with E-state index in [0.29, 0.717) is 12.2 Å². The van der Waals surface area contributed by atoms with E-state index in [-0.39, 0.29) is 12.6 Å². The van der Waals surface area contributed by atoms with Gasteiger partial charge in [0.2, 0.25) is 0 Å². The molecule has 2 atom stereocenters. The summed E-state index contributed by atoms with van der Waals surface area (Å²) < 4.78 is 6.87. The number of nitrogens with zero attached hydrogens (tertiary/aromatic N) is 3. The molecule has 1 fully saturated rings. The third-order valence-corrected chi connectivity index (χ3v) is 2.87. The number of β-amino-alcohol motifs (C(OH)–C–C–N with tert-alkyl or cyclic N) is 1. The molecule has 0 aromatic carbocycles. The lowest BCUT2D eigenvalue weighted by atomic mass is 10.2. The number of nitrogen functional groups attached to an aromatic ring is 1. The van der Waals surface area contributed by atoms with Gasteiger partial charge in [-0.2, -0.15) is 5.10 Å². The van der Waals surface area contributed by atoms with E-state index in [1.54, 1.807) is 10.9 Å². The van der Waals surface area contributed by atoms with Crippen molar-refractivity contribution in [2.75, 3.05) is 18.8 Å².